The Kier molecular flexibility index (Phi) is 5.02. The molecule has 2 rings (SSSR count). The van der Waals surface area contributed by atoms with Crippen molar-refractivity contribution in [3.63, 3.8) is 0 Å². The van der Waals surface area contributed by atoms with Crippen LogP contribution in [0, 0.1) is 0 Å². The molecule has 1 aliphatic rings. The highest BCUT2D eigenvalue weighted by Gasteiger charge is 2.40. The van der Waals surface area contributed by atoms with Crippen LogP contribution in [-0.2, 0) is 15.7 Å². The van der Waals surface area contributed by atoms with Gasteiger partial charge in [-0.05, 0) is 45.4 Å². The largest absolute Gasteiger partial charge is 0.444 e. The van der Waals surface area contributed by atoms with E-state index in [1.807, 2.05) is 0 Å². The molecular weight excluding hydrogens is 337 g/mol. The number of alkyl halides is 3. The summed E-state index contributed by atoms with van der Waals surface area (Å²) < 4.78 is 44.2. The lowest BCUT2D eigenvalue weighted by molar-refractivity contribution is -0.138. The van der Waals surface area contributed by atoms with Gasteiger partial charge in [-0.25, -0.2) is 4.79 Å². The minimum atomic E-state index is -4.54. The minimum absolute atomic E-state index is 0.0880. The fourth-order valence-corrected chi connectivity index (χ4v) is 2.63. The van der Waals surface area contributed by atoms with Crippen molar-refractivity contribution in [3.05, 3.63) is 35.4 Å². The number of nitrogens with zero attached hydrogens (tertiary/aromatic N) is 1. The van der Waals surface area contributed by atoms with Gasteiger partial charge in [0.1, 0.15) is 11.6 Å². The first-order valence-corrected chi connectivity index (χ1v) is 7.85. The summed E-state index contributed by atoms with van der Waals surface area (Å²) in [5.41, 5.74) is -1.57. The van der Waals surface area contributed by atoms with E-state index in [1.165, 1.54) is 17.0 Å². The molecule has 25 heavy (non-hydrogen) atoms. The average Bonchev–Trinajstić information content (AvgIpc) is 2.43. The summed E-state index contributed by atoms with van der Waals surface area (Å²) in [6.07, 6.45) is -5.28. The monoisotopic (exact) mass is 358 g/mol. The number of nitrogens with one attached hydrogen (secondary N) is 1. The van der Waals surface area contributed by atoms with Crippen molar-refractivity contribution in [2.45, 2.75) is 51.6 Å². The van der Waals surface area contributed by atoms with Gasteiger partial charge in [-0.2, -0.15) is 13.2 Å². The maximum atomic E-state index is 13.0. The van der Waals surface area contributed by atoms with Crippen LogP contribution in [0.2, 0.25) is 0 Å². The van der Waals surface area contributed by atoms with Crippen molar-refractivity contribution in [1.29, 1.82) is 0 Å². The molecule has 2 atom stereocenters. The third-order valence-electron chi connectivity index (χ3n) is 3.58. The van der Waals surface area contributed by atoms with Gasteiger partial charge in [0, 0.05) is 12.6 Å². The molecule has 1 N–H and O–H groups in total. The first-order valence-electron chi connectivity index (χ1n) is 7.85. The molecule has 1 aromatic carbocycles. The molecule has 8 heteroatoms. The number of hydrogen-bond donors (Lipinski definition) is 1. The van der Waals surface area contributed by atoms with Crippen molar-refractivity contribution < 1.29 is 27.5 Å². The van der Waals surface area contributed by atoms with Crippen molar-refractivity contribution in [1.82, 2.24) is 10.2 Å². The zero-order valence-corrected chi connectivity index (χ0v) is 14.5. The van der Waals surface area contributed by atoms with Crippen LogP contribution in [0.1, 0.15) is 44.9 Å². The Bertz CT molecular complexity index is 668. The maximum absolute atomic E-state index is 13.0. The van der Waals surface area contributed by atoms with Gasteiger partial charge >= 0.3 is 12.3 Å². The van der Waals surface area contributed by atoms with E-state index in [1.54, 1.807) is 27.7 Å². The third kappa shape index (κ3) is 4.64. The zero-order chi connectivity index (χ0) is 19.0. The van der Waals surface area contributed by atoms with Crippen LogP contribution in [0.15, 0.2) is 24.3 Å². The first kappa shape index (κ1) is 19.1. The Labute approximate surface area is 144 Å². The molecule has 5 nitrogen and oxygen atoms in total. The van der Waals surface area contributed by atoms with E-state index in [-0.39, 0.29) is 18.2 Å². The summed E-state index contributed by atoms with van der Waals surface area (Å²) in [6.45, 7) is 6.88. The normalized spacial score (nSPS) is 21.7. The quantitative estimate of drug-likeness (QED) is 0.836. The summed E-state index contributed by atoms with van der Waals surface area (Å²) in [6, 6.07) is 2.92. The lowest BCUT2D eigenvalue weighted by Gasteiger charge is -2.39. The molecule has 1 heterocycles. The summed E-state index contributed by atoms with van der Waals surface area (Å²) in [4.78, 5) is 26.0. The first-order chi connectivity index (χ1) is 11.4. The molecule has 0 aliphatic carbocycles. The molecule has 0 aromatic heterocycles. The van der Waals surface area contributed by atoms with E-state index >= 15 is 0 Å². The SMILES string of the molecule is C[C@@H]1CN(C(=O)OC(C)(C)C)C(c2cccc(C(F)(F)F)c2)C(=O)N1. The van der Waals surface area contributed by atoms with E-state index in [0.29, 0.717) is 0 Å². The van der Waals surface area contributed by atoms with Gasteiger partial charge in [0.2, 0.25) is 5.91 Å². The van der Waals surface area contributed by atoms with Crippen molar-refractivity contribution >= 4 is 12.0 Å². The Hall–Kier alpha value is -2.25. The van der Waals surface area contributed by atoms with Crippen LogP contribution in [0.5, 0.6) is 0 Å². The highest BCUT2D eigenvalue weighted by molar-refractivity contribution is 5.88. The van der Waals surface area contributed by atoms with Crippen LogP contribution in [0.25, 0.3) is 0 Å². The highest BCUT2D eigenvalue weighted by atomic mass is 19.4. The highest BCUT2D eigenvalue weighted by Crippen LogP contribution is 2.33. The van der Waals surface area contributed by atoms with Crippen LogP contribution >= 0.6 is 0 Å². The molecule has 1 unspecified atom stereocenters. The number of amides is 2. The second-order valence-electron chi connectivity index (χ2n) is 7.07. The van der Waals surface area contributed by atoms with Crippen LogP contribution in [-0.4, -0.2) is 35.1 Å². The molecule has 0 saturated carbocycles. The van der Waals surface area contributed by atoms with Crippen LogP contribution in [0.4, 0.5) is 18.0 Å². The molecule has 138 valence electrons. The summed E-state index contributed by atoms with van der Waals surface area (Å²) >= 11 is 0. The number of hydrogen-bond acceptors (Lipinski definition) is 3. The molecule has 1 aromatic rings. The second-order valence-corrected chi connectivity index (χ2v) is 7.07. The Morgan fingerprint density at radius 1 is 1.28 bits per heavy atom. The molecule has 2 amide bonds. The molecule has 1 aliphatic heterocycles. The van der Waals surface area contributed by atoms with Crippen LogP contribution < -0.4 is 5.32 Å². The summed E-state index contributed by atoms with van der Waals surface area (Å²) in [5.74, 6) is -0.538. The third-order valence-corrected chi connectivity index (χ3v) is 3.58. The fraction of sp³-hybridized carbons (Fsp3) is 0.529. The van der Waals surface area contributed by atoms with Gasteiger partial charge in [0.05, 0.1) is 5.56 Å². The van der Waals surface area contributed by atoms with E-state index in [0.717, 1.165) is 12.1 Å². The minimum Gasteiger partial charge on any atom is -0.444 e. The van der Waals surface area contributed by atoms with E-state index in [9.17, 15) is 22.8 Å². The van der Waals surface area contributed by atoms with Crippen LogP contribution in [0.3, 0.4) is 0 Å². The van der Waals surface area contributed by atoms with Crippen molar-refractivity contribution in [2.24, 2.45) is 0 Å². The zero-order valence-electron chi connectivity index (χ0n) is 14.5. The van der Waals surface area contributed by atoms with Gasteiger partial charge in [-0.15, -0.1) is 0 Å². The Balaban J connectivity index is 2.40. The van der Waals surface area contributed by atoms with E-state index < -0.39 is 35.4 Å². The van der Waals surface area contributed by atoms with Gasteiger partial charge < -0.3 is 10.1 Å². The standard InChI is InChI=1S/C17H21F3N2O3/c1-10-9-22(15(24)25-16(2,3)4)13(14(23)21-10)11-6-5-7-12(8-11)17(18,19)20/h5-8,10,13H,9H2,1-4H3,(H,21,23)/t10-,13?/m1/s1. The second kappa shape index (κ2) is 6.57. The molecular formula is C17H21F3N2O3. The van der Waals surface area contributed by atoms with Gasteiger partial charge in [0.15, 0.2) is 0 Å². The number of carbonyl (C=O) groups is 2. The number of benzene rings is 1. The predicted octanol–water partition coefficient (Wildman–Crippen LogP) is 3.50. The Morgan fingerprint density at radius 3 is 2.48 bits per heavy atom. The van der Waals surface area contributed by atoms with Gasteiger partial charge in [0.25, 0.3) is 0 Å². The molecule has 0 bridgehead atoms. The van der Waals surface area contributed by atoms with E-state index in [4.69, 9.17) is 4.74 Å². The number of rotatable bonds is 1. The molecule has 0 radical (unpaired) electrons. The lowest BCUT2D eigenvalue weighted by atomic mass is 9.99. The molecule has 1 fully saturated rings. The Morgan fingerprint density at radius 2 is 1.92 bits per heavy atom. The molecule has 1 saturated heterocycles. The molecule has 0 spiro atoms. The topological polar surface area (TPSA) is 58.6 Å². The fourth-order valence-electron chi connectivity index (χ4n) is 2.63. The van der Waals surface area contributed by atoms with Crippen molar-refractivity contribution in [3.8, 4) is 0 Å². The number of ether oxygens (including phenoxy) is 1. The number of piperazine rings is 1. The smallest absolute Gasteiger partial charge is 0.416 e. The number of carbonyl (C=O) groups excluding carboxylic acids is 2. The summed E-state index contributed by atoms with van der Waals surface area (Å²) in [5, 5.41) is 2.66. The van der Waals surface area contributed by atoms with E-state index in [2.05, 4.69) is 5.32 Å². The van der Waals surface area contributed by atoms with Crippen molar-refractivity contribution in [2.75, 3.05) is 6.54 Å². The van der Waals surface area contributed by atoms with Gasteiger partial charge in [-0.1, -0.05) is 12.1 Å². The number of halogens is 3. The lowest BCUT2D eigenvalue weighted by Crippen LogP contribution is -2.57. The average molecular weight is 358 g/mol. The maximum Gasteiger partial charge on any atom is 0.416 e. The predicted molar refractivity (Wildman–Crippen MR) is 84.7 cm³/mol. The van der Waals surface area contributed by atoms with Gasteiger partial charge in [-0.3, -0.25) is 9.69 Å². The summed E-state index contributed by atoms with van der Waals surface area (Å²) in [7, 11) is 0.